The Morgan fingerprint density at radius 2 is 2.00 bits per heavy atom. The number of aromatic nitrogens is 2. The van der Waals surface area contributed by atoms with Gasteiger partial charge >= 0.3 is 5.92 Å². The molecule has 1 aromatic heterocycles. The molecular formula is C26H33F2N7O3. The third-order valence-electron chi connectivity index (χ3n) is 7.48. The Balaban J connectivity index is 1.41. The lowest BCUT2D eigenvalue weighted by atomic mass is 10.1. The summed E-state index contributed by atoms with van der Waals surface area (Å²) in [7, 11) is 2.81. The minimum atomic E-state index is -3.54. The second-order valence-electron chi connectivity index (χ2n) is 10.1. The van der Waals surface area contributed by atoms with E-state index in [1.54, 1.807) is 23.1 Å². The summed E-state index contributed by atoms with van der Waals surface area (Å²) in [6.07, 6.45) is 6.72. The first-order valence-electron chi connectivity index (χ1n) is 13.0. The van der Waals surface area contributed by atoms with E-state index in [1.165, 1.54) is 20.4 Å². The second-order valence-corrected chi connectivity index (χ2v) is 10.1. The Morgan fingerprint density at radius 3 is 2.71 bits per heavy atom. The smallest absolute Gasteiger partial charge is 0.342 e. The first-order chi connectivity index (χ1) is 18.3. The first kappa shape index (κ1) is 26.1. The molecule has 1 aliphatic carbocycles. The molecule has 3 heterocycles. The summed E-state index contributed by atoms with van der Waals surface area (Å²) >= 11 is 0. The van der Waals surface area contributed by atoms with E-state index in [4.69, 9.17) is 4.74 Å². The van der Waals surface area contributed by atoms with Gasteiger partial charge in [0.1, 0.15) is 11.4 Å². The van der Waals surface area contributed by atoms with Crippen LogP contribution in [0.25, 0.3) is 0 Å². The molecule has 1 saturated carbocycles. The maximum atomic E-state index is 14.8. The zero-order valence-corrected chi connectivity index (χ0v) is 21.6. The van der Waals surface area contributed by atoms with E-state index < -0.39 is 18.4 Å². The topological polar surface area (TPSA) is 112 Å². The zero-order chi connectivity index (χ0) is 26.9. The quantitative estimate of drug-likeness (QED) is 0.524. The fourth-order valence-electron chi connectivity index (χ4n) is 5.40. The van der Waals surface area contributed by atoms with Gasteiger partial charge in [0.05, 0.1) is 25.5 Å². The van der Waals surface area contributed by atoms with Gasteiger partial charge < -0.3 is 30.5 Å². The molecule has 2 amide bonds. The number of alkyl halides is 2. The SMILES string of the molecule is COc1cc(C(=O)N[C@H]2CCCNC2)ccc1Nc1ncc2c(n1)N(C1CCCC1)CC(F)(F)C(=O)N2C. The van der Waals surface area contributed by atoms with Gasteiger partial charge in [0.15, 0.2) is 5.82 Å². The molecule has 1 atom stereocenters. The molecule has 0 radical (unpaired) electrons. The third kappa shape index (κ3) is 5.22. The van der Waals surface area contributed by atoms with Gasteiger partial charge in [-0.15, -0.1) is 0 Å². The number of piperidine rings is 1. The number of methoxy groups -OCH3 is 1. The summed E-state index contributed by atoms with van der Waals surface area (Å²) in [4.78, 5) is 36.6. The van der Waals surface area contributed by atoms with Crippen LogP contribution >= 0.6 is 0 Å². The van der Waals surface area contributed by atoms with Crippen molar-refractivity contribution in [2.75, 3.05) is 48.9 Å². The van der Waals surface area contributed by atoms with Crippen LogP contribution in [-0.4, -0.2) is 73.6 Å². The van der Waals surface area contributed by atoms with Gasteiger partial charge in [0.2, 0.25) is 5.95 Å². The van der Waals surface area contributed by atoms with Crippen molar-refractivity contribution in [1.29, 1.82) is 0 Å². The number of carbonyl (C=O) groups excluding carboxylic acids is 2. The second kappa shape index (κ2) is 10.7. The monoisotopic (exact) mass is 529 g/mol. The summed E-state index contributed by atoms with van der Waals surface area (Å²) in [6, 6.07) is 4.95. The standard InChI is InChI=1S/C26H33F2N7O3/c1-34-20-14-30-25(33-22(20)35(18-7-3-4-8-18)15-26(27,28)24(34)37)32-19-10-9-16(12-21(19)38-2)23(36)31-17-6-5-11-29-13-17/h9-10,12,14,17-18,29H,3-8,11,13,15H2,1-2H3,(H,31,36)(H,30,32,33)/t17-/m0/s1. The van der Waals surface area contributed by atoms with Crippen LogP contribution in [0.3, 0.4) is 0 Å². The van der Waals surface area contributed by atoms with Crippen LogP contribution in [0.15, 0.2) is 24.4 Å². The lowest BCUT2D eigenvalue weighted by Crippen LogP contribution is -2.48. The number of benzene rings is 1. The maximum absolute atomic E-state index is 14.8. The number of hydrogen-bond acceptors (Lipinski definition) is 8. The molecule has 12 heteroatoms. The van der Waals surface area contributed by atoms with E-state index in [9.17, 15) is 18.4 Å². The number of anilines is 4. The van der Waals surface area contributed by atoms with Crippen molar-refractivity contribution in [3.63, 3.8) is 0 Å². The van der Waals surface area contributed by atoms with E-state index in [2.05, 4.69) is 25.9 Å². The van der Waals surface area contributed by atoms with Crippen molar-refractivity contribution >= 4 is 35.0 Å². The Labute approximate surface area is 220 Å². The van der Waals surface area contributed by atoms with Crippen molar-refractivity contribution in [2.45, 2.75) is 56.5 Å². The number of halogens is 2. The molecule has 0 spiro atoms. The van der Waals surface area contributed by atoms with E-state index in [-0.39, 0.29) is 29.6 Å². The fraction of sp³-hybridized carbons (Fsp3) is 0.538. The Hall–Kier alpha value is -3.54. The average molecular weight is 530 g/mol. The van der Waals surface area contributed by atoms with Gasteiger partial charge in [-0.3, -0.25) is 9.59 Å². The van der Waals surface area contributed by atoms with Crippen molar-refractivity contribution in [1.82, 2.24) is 20.6 Å². The number of hydrogen-bond donors (Lipinski definition) is 3. The summed E-state index contributed by atoms with van der Waals surface area (Å²) in [5.41, 5.74) is 1.20. The highest BCUT2D eigenvalue weighted by Crippen LogP contribution is 2.40. The van der Waals surface area contributed by atoms with Gasteiger partial charge in [0, 0.05) is 31.2 Å². The molecule has 1 saturated heterocycles. The highest BCUT2D eigenvalue weighted by molar-refractivity contribution is 6.02. The Morgan fingerprint density at radius 1 is 1.21 bits per heavy atom. The largest absolute Gasteiger partial charge is 0.495 e. The Kier molecular flexibility index (Phi) is 7.33. The molecule has 2 fully saturated rings. The van der Waals surface area contributed by atoms with E-state index in [1.807, 2.05) is 0 Å². The summed E-state index contributed by atoms with van der Waals surface area (Å²) in [5, 5.41) is 9.41. The Bertz CT molecular complexity index is 1200. The van der Waals surface area contributed by atoms with E-state index >= 15 is 0 Å². The summed E-state index contributed by atoms with van der Waals surface area (Å²) in [6.45, 7) is 0.968. The third-order valence-corrected chi connectivity index (χ3v) is 7.48. The average Bonchev–Trinajstić information content (AvgIpc) is 3.44. The molecule has 5 rings (SSSR count). The number of amides is 2. The van der Waals surface area contributed by atoms with E-state index in [0.717, 1.165) is 56.5 Å². The number of carbonyl (C=O) groups is 2. The van der Waals surface area contributed by atoms with Crippen molar-refractivity contribution in [3.05, 3.63) is 30.0 Å². The molecule has 10 nitrogen and oxygen atoms in total. The molecule has 3 N–H and O–H groups in total. The number of ether oxygens (including phenoxy) is 1. The summed E-state index contributed by atoms with van der Waals surface area (Å²) < 4.78 is 35.2. The van der Waals surface area contributed by atoms with Crippen LogP contribution in [-0.2, 0) is 4.79 Å². The molecular weight excluding hydrogens is 496 g/mol. The normalized spacial score (nSPS) is 21.6. The summed E-state index contributed by atoms with van der Waals surface area (Å²) in [5.74, 6) is -4.14. The minimum absolute atomic E-state index is 0.0771. The van der Waals surface area contributed by atoms with Crippen LogP contribution in [0, 0.1) is 0 Å². The number of rotatable bonds is 6. The molecule has 2 aromatic rings. The minimum Gasteiger partial charge on any atom is -0.495 e. The highest BCUT2D eigenvalue weighted by atomic mass is 19.3. The predicted octanol–water partition coefficient (Wildman–Crippen LogP) is 3.07. The van der Waals surface area contributed by atoms with E-state index in [0.29, 0.717) is 22.8 Å². The van der Waals surface area contributed by atoms with Crippen LogP contribution in [0.1, 0.15) is 48.9 Å². The van der Waals surface area contributed by atoms with Gasteiger partial charge in [-0.2, -0.15) is 13.8 Å². The van der Waals surface area contributed by atoms with Crippen LogP contribution in [0.4, 0.5) is 31.9 Å². The molecule has 1 aromatic carbocycles. The molecule has 204 valence electrons. The predicted molar refractivity (Wildman–Crippen MR) is 140 cm³/mol. The number of fused-ring (bicyclic) bond motifs is 1. The lowest BCUT2D eigenvalue weighted by Gasteiger charge is -2.31. The van der Waals surface area contributed by atoms with Crippen molar-refractivity contribution < 1.29 is 23.1 Å². The number of nitrogens with zero attached hydrogens (tertiary/aromatic N) is 4. The molecule has 3 aliphatic rings. The maximum Gasteiger partial charge on any atom is 0.342 e. The van der Waals surface area contributed by atoms with Crippen molar-refractivity contribution in [2.24, 2.45) is 0 Å². The fourth-order valence-corrected chi connectivity index (χ4v) is 5.40. The lowest BCUT2D eigenvalue weighted by molar-refractivity contribution is -0.140. The van der Waals surface area contributed by atoms with Gasteiger partial charge in [0.25, 0.3) is 11.8 Å². The van der Waals surface area contributed by atoms with Crippen molar-refractivity contribution in [3.8, 4) is 5.75 Å². The molecule has 0 bridgehead atoms. The van der Waals surface area contributed by atoms with Crippen LogP contribution in [0.5, 0.6) is 5.75 Å². The highest BCUT2D eigenvalue weighted by Gasteiger charge is 2.48. The number of nitrogens with one attached hydrogen (secondary N) is 3. The van der Waals surface area contributed by atoms with Gasteiger partial charge in [-0.1, -0.05) is 12.8 Å². The molecule has 0 unspecified atom stereocenters. The van der Waals surface area contributed by atoms with Crippen LogP contribution < -0.4 is 30.5 Å². The first-order valence-corrected chi connectivity index (χ1v) is 13.0. The van der Waals surface area contributed by atoms with Gasteiger partial charge in [-0.05, 0) is 50.4 Å². The van der Waals surface area contributed by atoms with Crippen LogP contribution in [0.2, 0.25) is 0 Å². The molecule has 38 heavy (non-hydrogen) atoms. The zero-order valence-electron chi connectivity index (χ0n) is 21.6. The van der Waals surface area contributed by atoms with Gasteiger partial charge in [-0.25, -0.2) is 4.98 Å². The molecule has 2 aliphatic heterocycles.